The van der Waals surface area contributed by atoms with E-state index >= 15 is 0 Å². The molecule has 102 valence electrons. The maximum absolute atomic E-state index is 6.03. The molecule has 0 atom stereocenters. The zero-order valence-corrected chi connectivity index (χ0v) is 12.8. The van der Waals surface area contributed by atoms with Crippen LogP contribution in [0.5, 0.6) is 0 Å². The van der Waals surface area contributed by atoms with E-state index in [1.807, 2.05) is 18.2 Å². The third kappa shape index (κ3) is 2.12. The highest BCUT2D eigenvalue weighted by Crippen LogP contribution is 2.38. The molecule has 1 saturated carbocycles. The Morgan fingerprint density at radius 1 is 1.42 bits per heavy atom. The van der Waals surface area contributed by atoms with Gasteiger partial charge in [0.15, 0.2) is 4.77 Å². The van der Waals surface area contributed by atoms with Gasteiger partial charge in [0, 0.05) is 17.1 Å². The molecule has 0 amide bonds. The van der Waals surface area contributed by atoms with Gasteiger partial charge >= 0.3 is 0 Å². The number of rotatable bonds is 3. The molecule has 1 aromatic heterocycles. The molecule has 0 unspecified atom stereocenters. The number of benzene rings is 1. The van der Waals surface area contributed by atoms with Crippen LogP contribution >= 0.6 is 23.8 Å². The van der Waals surface area contributed by atoms with Crippen molar-refractivity contribution in [1.29, 1.82) is 0 Å². The number of aromatic nitrogens is 2. The zero-order valence-electron chi connectivity index (χ0n) is 11.2. The van der Waals surface area contributed by atoms with Gasteiger partial charge < -0.3 is 14.5 Å². The summed E-state index contributed by atoms with van der Waals surface area (Å²) in [5, 5.41) is 0.738. The summed E-state index contributed by atoms with van der Waals surface area (Å²) in [6, 6.07) is 5.91. The predicted octanol–water partition coefficient (Wildman–Crippen LogP) is 3.84. The fraction of sp³-hybridized carbons (Fsp3) is 0.500. The van der Waals surface area contributed by atoms with Crippen molar-refractivity contribution in [2.24, 2.45) is 0 Å². The first-order chi connectivity index (χ1) is 9.02. The van der Waals surface area contributed by atoms with Gasteiger partial charge in [0.05, 0.1) is 11.0 Å². The van der Waals surface area contributed by atoms with Crippen LogP contribution in [0.25, 0.3) is 11.0 Å². The summed E-state index contributed by atoms with van der Waals surface area (Å²) in [5.74, 6) is 0. The van der Waals surface area contributed by atoms with Crippen LogP contribution in [0.15, 0.2) is 18.2 Å². The molecule has 1 aliphatic carbocycles. The molecule has 2 aromatic rings. The summed E-state index contributed by atoms with van der Waals surface area (Å²) >= 11 is 11.5. The predicted molar refractivity (Wildman–Crippen MR) is 82.4 cm³/mol. The first-order valence-electron chi connectivity index (χ1n) is 6.57. The maximum atomic E-state index is 6.03. The number of nitrogens with one attached hydrogen (secondary N) is 1. The van der Waals surface area contributed by atoms with Gasteiger partial charge in [0.25, 0.3) is 0 Å². The highest BCUT2D eigenvalue weighted by Gasteiger charge is 2.39. The van der Waals surface area contributed by atoms with E-state index < -0.39 is 0 Å². The number of imidazole rings is 1. The summed E-state index contributed by atoms with van der Waals surface area (Å²) in [7, 11) is 4.32. The third-order valence-electron chi connectivity index (χ3n) is 4.42. The number of fused-ring (bicyclic) bond motifs is 1. The summed E-state index contributed by atoms with van der Waals surface area (Å²) in [6.45, 7) is 0.945. The maximum Gasteiger partial charge on any atom is 0.178 e. The van der Waals surface area contributed by atoms with Crippen LogP contribution in [0.4, 0.5) is 0 Å². The van der Waals surface area contributed by atoms with Gasteiger partial charge in [0.1, 0.15) is 0 Å². The minimum atomic E-state index is 0.257. The summed E-state index contributed by atoms with van der Waals surface area (Å²) in [5.41, 5.74) is 2.42. The van der Waals surface area contributed by atoms with Gasteiger partial charge in [-0.2, -0.15) is 0 Å². The average Bonchev–Trinajstić information content (AvgIpc) is 2.58. The fourth-order valence-electron chi connectivity index (χ4n) is 2.92. The molecule has 1 aromatic carbocycles. The lowest BCUT2D eigenvalue weighted by Crippen LogP contribution is -2.53. The van der Waals surface area contributed by atoms with Crippen LogP contribution in [0.3, 0.4) is 0 Å². The summed E-state index contributed by atoms with van der Waals surface area (Å²) in [6.07, 6.45) is 3.78. The minimum absolute atomic E-state index is 0.257. The lowest BCUT2D eigenvalue weighted by Gasteiger charge is -2.47. The molecule has 19 heavy (non-hydrogen) atoms. The van der Waals surface area contributed by atoms with E-state index in [1.165, 1.54) is 19.3 Å². The minimum Gasteiger partial charge on any atom is -0.331 e. The van der Waals surface area contributed by atoms with Crippen LogP contribution in [0, 0.1) is 4.77 Å². The molecule has 1 fully saturated rings. The number of aromatic amines is 1. The molecule has 0 aliphatic heterocycles. The summed E-state index contributed by atoms with van der Waals surface area (Å²) in [4.78, 5) is 5.59. The standard InChI is InChI=1S/C14H18ClN3S/c1-17(2)14(6-3-7-14)9-18-12-5-4-10(15)8-11(12)16-13(18)19/h4-5,8H,3,6-7,9H2,1-2H3,(H,16,19). The summed E-state index contributed by atoms with van der Waals surface area (Å²) < 4.78 is 2.99. The Morgan fingerprint density at radius 3 is 2.74 bits per heavy atom. The van der Waals surface area contributed by atoms with Crippen molar-refractivity contribution in [3.63, 3.8) is 0 Å². The molecule has 0 saturated heterocycles. The van der Waals surface area contributed by atoms with Crippen molar-refractivity contribution >= 4 is 34.9 Å². The number of hydrogen-bond acceptors (Lipinski definition) is 2. The number of halogens is 1. The average molecular weight is 296 g/mol. The number of hydrogen-bond donors (Lipinski definition) is 1. The quantitative estimate of drug-likeness (QED) is 0.870. The van der Waals surface area contributed by atoms with E-state index in [4.69, 9.17) is 23.8 Å². The van der Waals surface area contributed by atoms with E-state index in [-0.39, 0.29) is 5.54 Å². The van der Waals surface area contributed by atoms with E-state index in [2.05, 4.69) is 28.5 Å². The van der Waals surface area contributed by atoms with E-state index in [1.54, 1.807) is 0 Å². The SMILES string of the molecule is CN(C)C1(Cn2c(=S)[nH]c3cc(Cl)ccc32)CCC1. The van der Waals surface area contributed by atoms with E-state index in [9.17, 15) is 0 Å². The Balaban J connectivity index is 2.06. The van der Waals surface area contributed by atoms with Crippen LogP contribution in [0.1, 0.15) is 19.3 Å². The van der Waals surface area contributed by atoms with Gasteiger partial charge in [-0.3, -0.25) is 0 Å². The van der Waals surface area contributed by atoms with E-state index in [0.29, 0.717) is 0 Å². The monoisotopic (exact) mass is 295 g/mol. The largest absolute Gasteiger partial charge is 0.331 e. The molecule has 3 nitrogen and oxygen atoms in total. The molecule has 3 rings (SSSR count). The fourth-order valence-corrected chi connectivity index (χ4v) is 3.36. The third-order valence-corrected chi connectivity index (χ3v) is 4.98. The Labute approximate surface area is 123 Å². The highest BCUT2D eigenvalue weighted by molar-refractivity contribution is 7.71. The van der Waals surface area contributed by atoms with E-state index in [0.717, 1.165) is 27.4 Å². The van der Waals surface area contributed by atoms with Crippen LogP contribution in [-0.2, 0) is 6.54 Å². The molecule has 5 heteroatoms. The molecule has 1 heterocycles. The lowest BCUT2D eigenvalue weighted by molar-refractivity contribution is 0.0431. The number of H-pyrrole nitrogens is 1. The second-order valence-electron chi connectivity index (χ2n) is 5.65. The lowest BCUT2D eigenvalue weighted by atomic mass is 9.75. The Bertz CT molecular complexity index is 667. The zero-order chi connectivity index (χ0) is 13.6. The smallest absolute Gasteiger partial charge is 0.178 e. The van der Waals surface area contributed by atoms with Crippen molar-refractivity contribution in [3.8, 4) is 0 Å². The van der Waals surface area contributed by atoms with Crippen molar-refractivity contribution in [3.05, 3.63) is 28.0 Å². The van der Waals surface area contributed by atoms with Gasteiger partial charge in [-0.1, -0.05) is 11.6 Å². The molecular formula is C14H18ClN3S. The Kier molecular flexibility index (Phi) is 3.20. The molecule has 0 radical (unpaired) electrons. The second-order valence-corrected chi connectivity index (χ2v) is 6.47. The van der Waals surface area contributed by atoms with Crippen molar-refractivity contribution in [2.45, 2.75) is 31.3 Å². The van der Waals surface area contributed by atoms with Gasteiger partial charge in [-0.05, 0) is 63.8 Å². The van der Waals surface area contributed by atoms with Crippen LogP contribution < -0.4 is 0 Å². The first-order valence-corrected chi connectivity index (χ1v) is 7.36. The molecule has 1 N–H and O–H groups in total. The molecular weight excluding hydrogens is 278 g/mol. The van der Waals surface area contributed by atoms with Gasteiger partial charge in [-0.25, -0.2) is 0 Å². The Hall–Kier alpha value is -0.840. The highest BCUT2D eigenvalue weighted by atomic mass is 35.5. The second kappa shape index (κ2) is 4.62. The Morgan fingerprint density at radius 2 is 2.16 bits per heavy atom. The van der Waals surface area contributed by atoms with Crippen LogP contribution in [0.2, 0.25) is 5.02 Å². The number of nitrogens with zero attached hydrogens (tertiary/aromatic N) is 2. The first kappa shape index (κ1) is 13.2. The van der Waals surface area contributed by atoms with Crippen molar-refractivity contribution in [2.75, 3.05) is 14.1 Å². The molecule has 0 spiro atoms. The normalized spacial score (nSPS) is 17.9. The van der Waals surface area contributed by atoms with Gasteiger partial charge in [-0.15, -0.1) is 0 Å². The van der Waals surface area contributed by atoms with Crippen molar-refractivity contribution < 1.29 is 0 Å². The van der Waals surface area contributed by atoms with Crippen molar-refractivity contribution in [1.82, 2.24) is 14.5 Å². The number of likely N-dealkylation sites (N-methyl/N-ethyl adjacent to an activating group) is 1. The van der Waals surface area contributed by atoms with Crippen LogP contribution in [-0.4, -0.2) is 34.1 Å². The topological polar surface area (TPSA) is 24.0 Å². The van der Waals surface area contributed by atoms with Gasteiger partial charge in [0.2, 0.25) is 0 Å². The molecule has 1 aliphatic rings. The molecule has 0 bridgehead atoms.